The molecular formula is C13H17N3O3. The highest BCUT2D eigenvalue weighted by atomic mass is 16.5. The molecule has 1 aliphatic rings. The summed E-state index contributed by atoms with van der Waals surface area (Å²) in [4.78, 5) is 2.87. The number of ether oxygens (including phenoxy) is 2. The van der Waals surface area contributed by atoms with Crippen LogP contribution in [0.25, 0.3) is 10.4 Å². The molecule has 102 valence electrons. The number of azide groups is 1. The average molecular weight is 263 g/mol. The van der Waals surface area contributed by atoms with E-state index in [9.17, 15) is 0 Å². The topological polar surface area (TPSA) is 87.5 Å². The highest BCUT2D eigenvalue weighted by molar-refractivity contribution is 5.44. The lowest BCUT2D eigenvalue weighted by Gasteiger charge is -2.14. The monoisotopic (exact) mass is 263 g/mol. The van der Waals surface area contributed by atoms with Gasteiger partial charge in [-0.25, -0.2) is 0 Å². The molecule has 0 bridgehead atoms. The summed E-state index contributed by atoms with van der Waals surface area (Å²) in [6.45, 7) is 1.36. The molecule has 1 N–H and O–H groups in total. The van der Waals surface area contributed by atoms with Crippen LogP contribution in [-0.4, -0.2) is 24.9 Å². The maximum atomic E-state index is 8.88. The second-order valence-electron chi connectivity index (χ2n) is 4.34. The summed E-state index contributed by atoms with van der Waals surface area (Å²) in [5, 5.41) is 12.7. The van der Waals surface area contributed by atoms with Gasteiger partial charge in [-0.3, -0.25) is 0 Å². The first-order valence-electron chi connectivity index (χ1n) is 6.39. The molecule has 1 unspecified atom stereocenters. The summed E-state index contributed by atoms with van der Waals surface area (Å²) in [6, 6.07) is 5.30. The molecule has 6 heteroatoms. The third-order valence-corrected chi connectivity index (χ3v) is 2.98. The van der Waals surface area contributed by atoms with Gasteiger partial charge in [0.15, 0.2) is 11.5 Å². The Kier molecular flexibility index (Phi) is 4.89. The van der Waals surface area contributed by atoms with Crippen LogP contribution in [0.1, 0.15) is 30.9 Å². The lowest BCUT2D eigenvalue weighted by molar-refractivity contribution is 0.280. The Morgan fingerprint density at radius 2 is 2.11 bits per heavy atom. The van der Waals surface area contributed by atoms with Crippen molar-refractivity contribution < 1.29 is 14.6 Å². The van der Waals surface area contributed by atoms with Gasteiger partial charge in [-0.05, 0) is 36.1 Å². The number of hydrogen-bond acceptors (Lipinski definition) is 4. The molecule has 1 aromatic carbocycles. The zero-order valence-corrected chi connectivity index (χ0v) is 10.7. The first kappa shape index (κ1) is 13.5. The Morgan fingerprint density at radius 3 is 2.84 bits per heavy atom. The second kappa shape index (κ2) is 6.87. The van der Waals surface area contributed by atoms with Gasteiger partial charge in [-0.2, -0.15) is 0 Å². The molecule has 0 spiro atoms. The molecule has 0 saturated heterocycles. The van der Waals surface area contributed by atoms with Gasteiger partial charge in [0.1, 0.15) is 0 Å². The molecule has 0 amide bonds. The number of rotatable bonds is 5. The normalized spacial score (nSPS) is 15.2. The zero-order chi connectivity index (χ0) is 13.5. The van der Waals surface area contributed by atoms with E-state index < -0.39 is 0 Å². The van der Waals surface area contributed by atoms with Gasteiger partial charge in [-0.1, -0.05) is 11.2 Å². The molecule has 0 aromatic heterocycles. The van der Waals surface area contributed by atoms with Gasteiger partial charge in [0.05, 0.1) is 19.3 Å². The second-order valence-corrected chi connectivity index (χ2v) is 4.34. The van der Waals surface area contributed by atoms with Crippen molar-refractivity contribution in [2.45, 2.75) is 25.3 Å². The van der Waals surface area contributed by atoms with E-state index in [0.29, 0.717) is 31.8 Å². The molecule has 19 heavy (non-hydrogen) atoms. The van der Waals surface area contributed by atoms with E-state index in [2.05, 4.69) is 10.0 Å². The van der Waals surface area contributed by atoms with E-state index in [-0.39, 0.29) is 12.6 Å². The number of hydrogen-bond donors (Lipinski definition) is 1. The van der Waals surface area contributed by atoms with E-state index in [1.54, 1.807) is 0 Å². The molecule has 1 atom stereocenters. The van der Waals surface area contributed by atoms with Gasteiger partial charge in [0, 0.05) is 17.9 Å². The average Bonchev–Trinajstić information content (AvgIpc) is 2.67. The predicted molar refractivity (Wildman–Crippen MR) is 70.3 cm³/mol. The van der Waals surface area contributed by atoms with Gasteiger partial charge in [-0.15, -0.1) is 0 Å². The molecule has 1 heterocycles. The Bertz CT molecular complexity index is 472. The highest BCUT2D eigenvalue weighted by Gasteiger charge is 2.15. The third kappa shape index (κ3) is 3.53. The highest BCUT2D eigenvalue weighted by Crippen LogP contribution is 2.34. The Labute approximate surface area is 111 Å². The summed E-state index contributed by atoms with van der Waals surface area (Å²) in [5.41, 5.74) is 9.51. The maximum absolute atomic E-state index is 8.88. The fraction of sp³-hybridized carbons (Fsp3) is 0.538. The maximum Gasteiger partial charge on any atom is 0.161 e. The fourth-order valence-electron chi connectivity index (χ4n) is 2.03. The van der Waals surface area contributed by atoms with Crippen molar-refractivity contribution in [3.8, 4) is 11.5 Å². The van der Waals surface area contributed by atoms with Crippen LogP contribution in [0.3, 0.4) is 0 Å². The quantitative estimate of drug-likeness (QED) is 0.503. The molecule has 0 fully saturated rings. The number of nitrogens with zero attached hydrogens (tertiary/aromatic N) is 3. The van der Waals surface area contributed by atoms with Crippen LogP contribution < -0.4 is 9.47 Å². The van der Waals surface area contributed by atoms with Crippen LogP contribution in [0.2, 0.25) is 0 Å². The summed E-state index contributed by atoms with van der Waals surface area (Å²) < 4.78 is 11.2. The lowest BCUT2D eigenvalue weighted by atomic mass is 10.0. The number of fused-ring (bicyclic) bond motifs is 1. The molecular weight excluding hydrogens is 246 g/mol. The number of benzene rings is 1. The van der Waals surface area contributed by atoms with Crippen LogP contribution in [0.4, 0.5) is 0 Å². The van der Waals surface area contributed by atoms with Gasteiger partial charge >= 0.3 is 0 Å². The Morgan fingerprint density at radius 1 is 1.32 bits per heavy atom. The van der Waals surface area contributed by atoms with E-state index in [1.807, 2.05) is 18.2 Å². The minimum Gasteiger partial charge on any atom is -0.490 e. The van der Waals surface area contributed by atoms with Crippen LogP contribution in [0.5, 0.6) is 11.5 Å². The standard InChI is InChI=1S/C13H17N3O3/c14-16-15-11(3-1-6-17)10-4-5-12-13(9-10)19-8-2-7-18-12/h4-5,9,11,17H,1-3,6-8H2. The van der Waals surface area contributed by atoms with Crippen molar-refractivity contribution in [1.82, 2.24) is 0 Å². The van der Waals surface area contributed by atoms with Crippen molar-refractivity contribution in [2.75, 3.05) is 19.8 Å². The first-order chi connectivity index (χ1) is 9.35. The lowest BCUT2D eigenvalue weighted by Crippen LogP contribution is -1.99. The summed E-state index contributed by atoms with van der Waals surface area (Å²) in [7, 11) is 0. The molecule has 0 aliphatic carbocycles. The van der Waals surface area contributed by atoms with E-state index in [0.717, 1.165) is 17.7 Å². The summed E-state index contributed by atoms with van der Waals surface area (Å²) in [5.74, 6) is 1.42. The number of aliphatic hydroxyl groups is 1. The van der Waals surface area contributed by atoms with Crippen molar-refractivity contribution in [1.29, 1.82) is 0 Å². The molecule has 0 saturated carbocycles. The van der Waals surface area contributed by atoms with Crippen LogP contribution in [0.15, 0.2) is 23.3 Å². The van der Waals surface area contributed by atoms with E-state index in [1.165, 1.54) is 0 Å². The minimum absolute atomic E-state index is 0.0853. The van der Waals surface area contributed by atoms with Crippen molar-refractivity contribution in [3.05, 3.63) is 34.2 Å². The van der Waals surface area contributed by atoms with Crippen LogP contribution >= 0.6 is 0 Å². The van der Waals surface area contributed by atoms with E-state index >= 15 is 0 Å². The molecule has 1 aliphatic heterocycles. The predicted octanol–water partition coefficient (Wildman–Crippen LogP) is 2.97. The molecule has 1 aromatic rings. The molecule has 2 rings (SSSR count). The Balaban J connectivity index is 2.22. The Hall–Kier alpha value is -1.91. The minimum atomic E-state index is -0.283. The number of aliphatic hydroxyl groups excluding tert-OH is 1. The molecule has 0 radical (unpaired) electrons. The van der Waals surface area contributed by atoms with Crippen molar-refractivity contribution >= 4 is 0 Å². The van der Waals surface area contributed by atoms with Crippen LogP contribution in [0, 0.1) is 0 Å². The third-order valence-electron chi connectivity index (χ3n) is 2.98. The summed E-state index contributed by atoms with van der Waals surface area (Å²) >= 11 is 0. The van der Waals surface area contributed by atoms with Crippen molar-refractivity contribution in [3.63, 3.8) is 0 Å². The zero-order valence-electron chi connectivity index (χ0n) is 10.7. The SMILES string of the molecule is [N-]=[N+]=NC(CCCO)c1ccc2c(c1)OCCCO2. The first-order valence-corrected chi connectivity index (χ1v) is 6.39. The largest absolute Gasteiger partial charge is 0.490 e. The van der Waals surface area contributed by atoms with E-state index in [4.69, 9.17) is 20.1 Å². The van der Waals surface area contributed by atoms with Gasteiger partial charge < -0.3 is 14.6 Å². The smallest absolute Gasteiger partial charge is 0.161 e. The van der Waals surface area contributed by atoms with Gasteiger partial charge in [0.2, 0.25) is 0 Å². The van der Waals surface area contributed by atoms with Crippen LogP contribution in [-0.2, 0) is 0 Å². The molecule has 6 nitrogen and oxygen atoms in total. The van der Waals surface area contributed by atoms with Crippen molar-refractivity contribution in [2.24, 2.45) is 5.11 Å². The van der Waals surface area contributed by atoms with Gasteiger partial charge in [0.25, 0.3) is 0 Å². The fourth-order valence-corrected chi connectivity index (χ4v) is 2.03. The summed E-state index contributed by atoms with van der Waals surface area (Å²) in [6.07, 6.45) is 2.06.